The SMILES string of the molecule is C#CCC(CC)NC(=O)c1cn(C2CNC2)nn1. The summed E-state index contributed by atoms with van der Waals surface area (Å²) in [6.07, 6.45) is 8.27. The molecule has 2 rings (SSSR count). The van der Waals surface area contributed by atoms with E-state index in [2.05, 4.69) is 26.9 Å². The topological polar surface area (TPSA) is 71.8 Å². The highest BCUT2D eigenvalue weighted by Gasteiger charge is 2.22. The molecule has 0 spiro atoms. The lowest BCUT2D eigenvalue weighted by molar-refractivity contribution is 0.0931. The highest BCUT2D eigenvalue weighted by Crippen LogP contribution is 2.10. The van der Waals surface area contributed by atoms with Gasteiger partial charge in [-0.05, 0) is 6.42 Å². The van der Waals surface area contributed by atoms with Crippen molar-refractivity contribution in [2.75, 3.05) is 13.1 Å². The zero-order valence-corrected chi connectivity index (χ0v) is 10.4. The molecule has 1 unspecified atom stereocenters. The summed E-state index contributed by atoms with van der Waals surface area (Å²) < 4.78 is 1.73. The van der Waals surface area contributed by atoms with Crippen molar-refractivity contribution in [3.63, 3.8) is 0 Å². The van der Waals surface area contributed by atoms with Gasteiger partial charge in [-0.2, -0.15) is 0 Å². The summed E-state index contributed by atoms with van der Waals surface area (Å²) in [7, 11) is 0. The normalized spacial score (nSPS) is 16.7. The van der Waals surface area contributed by atoms with Gasteiger partial charge >= 0.3 is 0 Å². The second-order valence-electron chi connectivity index (χ2n) is 4.38. The Labute approximate surface area is 106 Å². The molecule has 1 fully saturated rings. The minimum Gasteiger partial charge on any atom is -0.347 e. The number of hydrogen-bond donors (Lipinski definition) is 2. The Balaban J connectivity index is 1.95. The number of nitrogens with zero attached hydrogens (tertiary/aromatic N) is 3. The highest BCUT2D eigenvalue weighted by molar-refractivity contribution is 5.92. The van der Waals surface area contributed by atoms with E-state index in [1.165, 1.54) is 0 Å². The number of amides is 1. The Morgan fingerprint density at radius 2 is 2.56 bits per heavy atom. The molecule has 1 saturated heterocycles. The number of carbonyl (C=O) groups is 1. The van der Waals surface area contributed by atoms with E-state index >= 15 is 0 Å². The summed E-state index contributed by atoms with van der Waals surface area (Å²) in [5.74, 6) is 2.34. The van der Waals surface area contributed by atoms with Crippen LogP contribution >= 0.6 is 0 Å². The summed E-state index contributed by atoms with van der Waals surface area (Å²) in [4.78, 5) is 11.9. The molecule has 0 aliphatic carbocycles. The Morgan fingerprint density at radius 3 is 3.11 bits per heavy atom. The maximum atomic E-state index is 11.9. The van der Waals surface area contributed by atoms with Gasteiger partial charge in [-0.25, -0.2) is 4.68 Å². The average Bonchev–Trinajstić information content (AvgIpc) is 2.75. The van der Waals surface area contributed by atoms with Gasteiger partial charge in [-0.1, -0.05) is 12.1 Å². The van der Waals surface area contributed by atoms with Gasteiger partial charge in [0.15, 0.2) is 5.69 Å². The molecule has 1 aromatic heterocycles. The Morgan fingerprint density at radius 1 is 1.78 bits per heavy atom. The maximum absolute atomic E-state index is 11.9. The summed E-state index contributed by atoms with van der Waals surface area (Å²) >= 11 is 0. The first-order valence-corrected chi connectivity index (χ1v) is 6.11. The van der Waals surface area contributed by atoms with Crippen molar-refractivity contribution < 1.29 is 4.79 Å². The van der Waals surface area contributed by atoms with Gasteiger partial charge in [0.25, 0.3) is 5.91 Å². The molecule has 1 aliphatic rings. The lowest BCUT2D eigenvalue weighted by Crippen LogP contribution is -2.43. The van der Waals surface area contributed by atoms with Crippen molar-refractivity contribution in [2.45, 2.75) is 31.8 Å². The van der Waals surface area contributed by atoms with Crippen molar-refractivity contribution in [3.05, 3.63) is 11.9 Å². The van der Waals surface area contributed by atoms with Gasteiger partial charge in [0.2, 0.25) is 0 Å². The molecule has 1 aliphatic heterocycles. The molecule has 6 nitrogen and oxygen atoms in total. The molecule has 0 aromatic carbocycles. The van der Waals surface area contributed by atoms with Crippen LogP contribution < -0.4 is 10.6 Å². The third-order valence-corrected chi connectivity index (χ3v) is 3.07. The monoisotopic (exact) mass is 247 g/mol. The summed E-state index contributed by atoms with van der Waals surface area (Å²) in [6.45, 7) is 3.73. The Bertz CT molecular complexity index is 457. The van der Waals surface area contributed by atoms with E-state index in [1.807, 2.05) is 6.92 Å². The summed E-state index contributed by atoms with van der Waals surface area (Å²) in [6, 6.07) is 0.310. The van der Waals surface area contributed by atoms with Gasteiger partial charge in [0.05, 0.1) is 12.2 Å². The second-order valence-corrected chi connectivity index (χ2v) is 4.38. The van der Waals surface area contributed by atoms with Crippen LogP contribution in [-0.4, -0.2) is 40.0 Å². The largest absolute Gasteiger partial charge is 0.347 e. The number of rotatable bonds is 5. The fourth-order valence-corrected chi connectivity index (χ4v) is 1.72. The quantitative estimate of drug-likeness (QED) is 0.716. The van der Waals surface area contributed by atoms with Crippen molar-refractivity contribution in [3.8, 4) is 12.3 Å². The molecule has 2 N–H and O–H groups in total. The van der Waals surface area contributed by atoms with Crippen LogP contribution in [-0.2, 0) is 0 Å². The van der Waals surface area contributed by atoms with Gasteiger partial charge in [-0.15, -0.1) is 17.4 Å². The summed E-state index contributed by atoms with van der Waals surface area (Å²) in [5, 5.41) is 13.9. The van der Waals surface area contributed by atoms with E-state index in [1.54, 1.807) is 10.9 Å². The maximum Gasteiger partial charge on any atom is 0.273 e. The van der Waals surface area contributed by atoms with Crippen LogP contribution in [0.1, 0.15) is 36.3 Å². The van der Waals surface area contributed by atoms with Crippen LogP contribution in [0.15, 0.2) is 6.20 Å². The smallest absolute Gasteiger partial charge is 0.273 e. The number of carbonyl (C=O) groups excluding carboxylic acids is 1. The van der Waals surface area contributed by atoms with Crippen LogP contribution in [0.25, 0.3) is 0 Å². The predicted octanol–water partition coefficient (Wildman–Crippen LogP) is -0.0459. The zero-order valence-electron chi connectivity index (χ0n) is 10.4. The van der Waals surface area contributed by atoms with Gasteiger partial charge < -0.3 is 10.6 Å². The van der Waals surface area contributed by atoms with E-state index in [9.17, 15) is 4.79 Å². The number of aromatic nitrogens is 3. The standard InChI is InChI=1S/C12H17N5O/c1-3-5-9(4-2)14-12(18)11-8-17(16-15-11)10-6-13-7-10/h1,8-10,13H,4-7H2,2H3,(H,14,18). The molecule has 2 heterocycles. The third kappa shape index (κ3) is 2.68. The van der Waals surface area contributed by atoms with Gasteiger partial charge in [-0.3, -0.25) is 4.79 Å². The molecule has 0 bridgehead atoms. The van der Waals surface area contributed by atoms with E-state index in [0.29, 0.717) is 18.2 Å². The van der Waals surface area contributed by atoms with E-state index in [0.717, 1.165) is 19.5 Å². The molecule has 1 aromatic rings. The van der Waals surface area contributed by atoms with Crippen LogP contribution in [0.4, 0.5) is 0 Å². The molecule has 1 atom stereocenters. The Hall–Kier alpha value is -1.87. The van der Waals surface area contributed by atoms with Crippen LogP contribution in [0.3, 0.4) is 0 Å². The average molecular weight is 247 g/mol. The van der Waals surface area contributed by atoms with E-state index in [4.69, 9.17) is 6.42 Å². The molecular weight excluding hydrogens is 230 g/mol. The van der Waals surface area contributed by atoms with Crippen molar-refractivity contribution in [1.82, 2.24) is 25.6 Å². The molecule has 6 heteroatoms. The molecule has 0 radical (unpaired) electrons. The lowest BCUT2D eigenvalue weighted by atomic mass is 10.1. The van der Waals surface area contributed by atoms with Crippen LogP contribution in [0, 0.1) is 12.3 Å². The van der Waals surface area contributed by atoms with Gasteiger partial charge in [0.1, 0.15) is 0 Å². The first-order valence-electron chi connectivity index (χ1n) is 6.11. The summed E-state index contributed by atoms with van der Waals surface area (Å²) in [5.41, 5.74) is 0.345. The minimum atomic E-state index is -0.212. The Kier molecular flexibility index (Phi) is 3.95. The zero-order chi connectivity index (χ0) is 13.0. The molecule has 18 heavy (non-hydrogen) atoms. The molecule has 96 valence electrons. The van der Waals surface area contributed by atoms with E-state index < -0.39 is 0 Å². The van der Waals surface area contributed by atoms with E-state index in [-0.39, 0.29) is 11.9 Å². The number of hydrogen-bond acceptors (Lipinski definition) is 4. The number of nitrogens with one attached hydrogen (secondary N) is 2. The lowest BCUT2D eigenvalue weighted by Gasteiger charge is -2.26. The van der Waals surface area contributed by atoms with Crippen molar-refractivity contribution >= 4 is 5.91 Å². The molecule has 0 saturated carbocycles. The fraction of sp³-hybridized carbons (Fsp3) is 0.583. The van der Waals surface area contributed by atoms with Crippen molar-refractivity contribution in [2.24, 2.45) is 0 Å². The molecule has 1 amide bonds. The first-order chi connectivity index (χ1) is 8.74. The first kappa shape index (κ1) is 12.6. The van der Waals surface area contributed by atoms with Crippen LogP contribution in [0.2, 0.25) is 0 Å². The second kappa shape index (κ2) is 5.65. The fourth-order valence-electron chi connectivity index (χ4n) is 1.72. The molecular formula is C12H17N5O. The van der Waals surface area contributed by atoms with Gasteiger partial charge in [0, 0.05) is 25.6 Å². The number of terminal acetylenes is 1. The van der Waals surface area contributed by atoms with Crippen molar-refractivity contribution in [1.29, 1.82) is 0 Å². The predicted molar refractivity (Wildman–Crippen MR) is 66.9 cm³/mol. The van der Waals surface area contributed by atoms with Crippen LogP contribution in [0.5, 0.6) is 0 Å². The highest BCUT2D eigenvalue weighted by atomic mass is 16.2. The minimum absolute atomic E-state index is 0.00183. The third-order valence-electron chi connectivity index (χ3n) is 3.07.